The standard InChI is InChI=1S/C19H28N2O3/c1-24-17-5-2-4-16(12-17)13-20-9-3-7-19(14-20)8-6-18(23)21(15-19)10-11-22/h2,4-5,12,22H,3,6-11,13-15H2,1H3/t19-/m1/s1. The minimum absolute atomic E-state index is 0.0509. The van der Waals surface area contributed by atoms with Crippen LogP contribution in [0.1, 0.15) is 31.2 Å². The summed E-state index contributed by atoms with van der Waals surface area (Å²) in [5.41, 5.74) is 1.46. The lowest BCUT2D eigenvalue weighted by Gasteiger charge is -2.48. The van der Waals surface area contributed by atoms with Gasteiger partial charge in [-0.15, -0.1) is 0 Å². The molecule has 0 aliphatic carbocycles. The monoisotopic (exact) mass is 332 g/mol. The number of rotatable bonds is 5. The third kappa shape index (κ3) is 3.90. The Hall–Kier alpha value is -1.59. The molecule has 5 nitrogen and oxygen atoms in total. The molecule has 2 aliphatic heterocycles. The molecule has 132 valence electrons. The molecule has 0 saturated carbocycles. The van der Waals surface area contributed by atoms with Gasteiger partial charge >= 0.3 is 0 Å². The van der Waals surface area contributed by atoms with Crippen molar-refractivity contribution in [1.29, 1.82) is 0 Å². The second-order valence-electron chi connectivity index (χ2n) is 7.20. The van der Waals surface area contributed by atoms with Crippen molar-refractivity contribution < 1.29 is 14.6 Å². The average molecular weight is 332 g/mol. The Kier molecular flexibility index (Phi) is 5.41. The Labute approximate surface area is 144 Å². The van der Waals surface area contributed by atoms with Crippen molar-refractivity contribution >= 4 is 5.91 Å². The fraction of sp³-hybridized carbons (Fsp3) is 0.632. The van der Waals surface area contributed by atoms with Crippen molar-refractivity contribution in [2.24, 2.45) is 5.41 Å². The average Bonchev–Trinajstić information content (AvgIpc) is 2.59. The number of piperidine rings is 2. The summed E-state index contributed by atoms with van der Waals surface area (Å²) in [6, 6.07) is 8.26. The van der Waals surface area contributed by atoms with Gasteiger partial charge in [0.2, 0.25) is 5.91 Å². The fourth-order valence-corrected chi connectivity index (χ4v) is 4.23. The third-order valence-corrected chi connectivity index (χ3v) is 5.40. The Morgan fingerprint density at radius 2 is 2.17 bits per heavy atom. The predicted octanol–water partition coefficient (Wildman–Crippen LogP) is 1.89. The van der Waals surface area contributed by atoms with E-state index < -0.39 is 0 Å². The van der Waals surface area contributed by atoms with Gasteiger partial charge in [0.05, 0.1) is 13.7 Å². The molecule has 2 aliphatic rings. The number of carbonyl (C=O) groups excluding carboxylic acids is 1. The summed E-state index contributed by atoms with van der Waals surface area (Å²) >= 11 is 0. The fourth-order valence-electron chi connectivity index (χ4n) is 4.23. The van der Waals surface area contributed by atoms with E-state index >= 15 is 0 Å². The van der Waals surface area contributed by atoms with E-state index in [1.807, 2.05) is 17.0 Å². The first-order chi connectivity index (χ1) is 11.6. The molecule has 3 rings (SSSR count). The summed E-state index contributed by atoms with van der Waals surface area (Å²) in [4.78, 5) is 16.4. The summed E-state index contributed by atoms with van der Waals surface area (Å²) in [7, 11) is 1.70. The van der Waals surface area contributed by atoms with Gasteiger partial charge < -0.3 is 14.7 Å². The first kappa shape index (κ1) is 17.2. The molecule has 0 radical (unpaired) electrons. The number of ether oxygens (including phenoxy) is 1. The Morgan fingerprint density at radius 3 is 2.96 bits per heavy atom. The summed E-state index contributed by atoms with van der Waals surface area (Å²) in [5.74, 6) is 1.09. The molecule has 1 atom stereocenters. The van der Waals surface area contributed by atoms with E-state index in [-0.39, 0.29) is 17.9 Å². The van der Waals surface area contributed by atoms with Crippen LogP contribution in [0.2, 0.25) is 0 Å². The van der Waals surface area contributed by atoms with Gasteiger partial charge in [0.25, 0.3) is 0 Å². The van der Waals surface area contributed by atoms with Gasteiger partial charge in [0, 0.05) is 38.0 Å². The van der Waals surface area contributed by atoms with Crippen LogP contribution in [0, 0.1) is 5.41 Å². The number of amides is 1. The minimum Gasteiger partial charge on any atom is -0.497 e. The molecule has 1 N–H and O–H groups in total. The van der Waals surface area contributed by atoms with Gasteiger partial charge in [-0.3, -0.25) is 9.69 Å². The zero-order chi connectivity index (χ0) is 17.0. The summed E-state index contributed by atoms with van der Waals surface area (Å²) in [5, 5.41) is 9.20. The van der Waals surface area contributed by atoms with Gasteiger partial charge in [-0.05, 0) is 43.5 Å². The normalized spacial score (nSPS) is 25.2. The van der Waals surface area contributed by atoms with Gasteiger partial charge in [-0.25, -0.2) is 0 Å². The van der Waals surface area contributed by atoms with Gasteiger partial charge in [0.15, 0.2) is 0 Å². The first-order valence-corrected chi connectivity index (χ1v) is 8.88. The van der Waals surface area contributed by atoms with Crippen LogP contribution in [0.25, 0.3) is 0 Å². The Morgan fingerprint density at radius 1 is 1.29 bits per heavy atom. The van der Waals surface area contributed by atoms with Gasteiger partial charge in [0.1, 0.15) is 5.75 Å². The number of nitrogens with zero attached hydrogens (tertiary/aromatic N) is 2. The van der Waals surface area contributed by atoms with Crippen molar-refractivity contribution in [1.82, 2.24) is 9.80 Å². The molecule has 24 heavy (non-hydrogen) atoms. The lowest BCUT2D eigenvalue weighted by molar-refractivity contribution is -0.140. The zero-order valence-electron chi connectivity index (χ0n) is 14.5. The maximum Gasteiger partial charge on any atom is 0.222 e. The molecule has 0 aromatic heterocycles. The molecular formula is C19H28N2O3. The largest absolute Gasteiger partial charge is 0.497 e. The SMILES string of the molecule is COc1cccc(CN2CCC[C@@]3(CCC(=O)N(CCO)C3)C2)c1. The quantitative estimate of drug-likeness (QED) is 0.895. The van der Waals surface area contributed by atoms with E-state index in [0.29, 0.717) is 13.0 Å². The zero-order valence-corrected chi connectivity index (χ0v) is 14.5. The molecule has 1 amide bonds. The summed E-state index contributed by atoms with van der Waals surface area (Å²) in [6.07, 6.45) is 3.94. The molecule has 1 aromatic rings. The van der Waals surface area contributed by atoms with Crippen molar-refractivity contribution in [2.45, 2.75) is 32.2 Å². The number of hydrogen-bond donors (Lipinski definition) is 1. The van der Waals surface area contributed by atoms with E-state index in [0.717, 1.165) is 38.3 Å². The van der Waals surface area contributed by atoms with Gasteiger partial charge in [-0.2, -0.15) is 0 Å². The predicted molar refractivity (Wildman–Crippen MR) is 92.8 cm³/mol. The topological polar surface area (TPSA) is 53.0 Å². The molecule has 0 bridgehead atoms. The van der Waals surface area contributed by atoms with Crippen LogP contribution in [0.5, 0.6) is 5.75 Å². The number of β-amino-alcohol motifs (C(OH)–C–C–N with tert-alkyl or cyclic N) is 1. The lowest BCUT2D eigenvalue weighted by atomic mass is 9.73. The maximum atomic E-state index is 12.0. The van der Waals surface area contributed by atoms with E-state index in [4.69, 9.17) is 4.74 Å². The van der Waals surface area contributed by atoms with Crippen LogP contribution < -0.4 is 4.74 Å². The van der Waals surface area contributed by atoms with Crippen LogP contribution in [0.4, 0.5) is 0 Å². The molecule has 1 aromatic carbocycles. The smallest absolute Gasteiger partial charge is 0.222 e. The van der Waals surface area contributed by atoms with Crippen molar-refractivity contribution in [2.75, 3.05) is 39.9 Å². The Balaban J connectivity index is 1.66. The van der Waals surface area contributed by atoms with Crippen LogP contribution in [-0.2, 0) is 11.3 Å². The number of methoxy groups -OCH3 is 1. The van der Waals surface area contributed by atoms with E-state index in [9.17, 15) is 9.90 Å². The minimum atomic E-state index is 0.0509. The first-order valence-electron chi connectivity index (χ1n) is 8.88. The molecule has 5 heteroatoms. The molecule has 2 fully saturated rings. The number of likely N-dealkylation sites (tertiary alicyclic amines) is 2. The highest BCUT2D eigenvalue weighted by molar-refractivity contribution is 5.77. The summed E-state index contributed by atoms with van der Waals surface area (Å²) < 4.78 is 5.32. The molecule has 2 saturated heterocycles. The van der Waals surface area contributed by atoms with E-state index in [1.165, 1.54) is 18.4 Å². The van der Waals surface area contributed by atoms with Crippen molar-refractivity contribution in [3.63, 3.8) is 0 Å². The Bertz CT molecular complexity index is 577. The number of hydrogen-bond acceptors (Lipinski definition) is 4. The lowest BCUT2D eigenvalue weighted by Crippen LogP contribution is -2.54. The molecule has 2 heterocycles. The second-order valence-corrected chi connectivity index (χ2v) is 7.20. The number of aliphatic hydroxyl groups is 1. The van der Waals surface area contributed by atoms with Crippen LogP contribution in [0.15, 0.2) is 24.3 Å². The highest BCUT2D eigenvalue weighted by Gasteiger charge is 2.41. The number of benzene rings is 1. The third-order valence-electron chi connectivity index (χ3n) is 5.40. The highest BCUT2D eigenvalue weighted by Crippen LogP contribution is 2.39. The molecule has 1 spiro atoms. The van der Waals surface area contributed by atoms with Crippen molar-refractivity contribution in [3.05, 3.63) is 29.8 Å². The van der Waals surface area contributed by atoms with Gasteiger partial charge in [-0.1, -0.05) is 12.1 Å². The number of aliphatic hydroxyl groups excluding tert-OH is 1. The van der Waals surface area contributed by atoms with Crippen LogP contribution in [0.3, 0.4) is 0 Å². The second kappa shape index (κ2) is 7.53. The molecular weight excluding hydrogens is 304 g/mol. The number of carbonyl (C=O) groups is 1. The molecule has 0 unspecified atom stereocenters. The highest BCUT2D eigenvalue weighted by atomic mass is 16.5. The maximum absolute atomic E-state index is 12.0. The van der Waals surface area contributed by atoms with Crippen LogP contribution in [-0.4, -0.2) is 60.7 Å². The summed E-state index contributed by atoms with van der Waals surface area (Å²) in [6.45, 7) is 4.37. The van der Waals surface area contributed by atoms with Crippen molar-refractivity contribution in [3.8, 4) is 5.75 Å². The van der Waals surface area contributed by atoms with Crippen LogP contribution >= 0.6 is 0 Å². The van der Waals surface area contributed by atoms with E-state index in [2.05, 4.69) is 17.0 Å². The van der Waals surface area contributed by atoms with E-state index in [1.54, 1.807) is 7.11 Å².